The van der Waals surface area contributed by atoms with Crippen LogP contribution in [-0.4, -0.2) is 51.6 Å². The molecule has 4 rings (SSSR count). The van der Waals surface area contributed by atoms with Crippen LogP contribution in [0.4, 0.5) is 0 Å². The lowest BCUT2D eigenvalue weighted by atomic mass is 10.1. The SMILES string of the molecule is COc1ccc(CN2CCc3nnc([C@@H]4CCCO4)n3CC2)c(O)c1. The summed E-state index contributed by atoms with van der Waals surface area (Å²) in [4.78, 5) is 2.34. The van der Waals surface area contributed by atoms with Gasteiger partial charge in [-0.25, -0.2) is 0 Å². The Bertz CT molecular complexity index is 740. The van der Waals surface area contributed by atoms with Crippen molar-refractivity contribution in [3.8, 4) is 11.5 Å². The number of fused-ring (bicyclic) bond motifs is 1. The summed E-state index contributed by atoms with van der Waals surface area (Å²) in [5, 5.41) is 19.0. The number of nitrogens with zero attached hydrogens (tertiary/aromatic N) is 4. The summed E-state index contributed by atoms with van der Waals surface area (Å²) in [5.41, 5.74) is 0.915. The van der Waals surface area contributed by atoms with Gasteiger partial charge in [0.25, 0.3) is 0 Å². The molecule has 7 nitrogen and oxygen atoms in total. The van der Waals surface area contributed by atoms with Gasteiger partial charge in [-0.15, -0.1) is 10.2 Å². The normalized spacial score (nSPS) is 21.1. The number of aromatic hydroxyl groups is 1. The summed E-state index contributed by atoms with van der Waals surface area (Å²) in [6.45, 7) is 4.18. The molecule has 134 valence electrons. The molecule has 1 aromatic heterocycles. The van der Waals surface area contributed by atoms with Crippen LogP contribution in [0.1, 0.15) is 36.2 Å². The predicted octanol–water partition coefficient (Wildman–Crippen LogP) is 1.90. The van der Waals surface area contributed by atoms with Crippen LogP contribution >= 0.6 is 0 Å². The first-order chi connectivity index (χ1) is 12.2. The number of ether oxygens (including phenoxy) is 2. The molecule has 0 unspecified atom stereocenters. The summed E-state index contributed by atoms with van der Waals surface area (Å²) in [6, 6.07) is 5.48. The maximum Gasteiger partial charge on any atom is 0.162 e. The van der Waals surface area contributed by atoms with Crippen molar-refractivity contribution in [3.63, 3.8) is 0 Å². The van der Waals surface area contributed by atoms with E-state index in [2.05, 4.69) is 19.7 Å². The fourth-order valence-electron chi connectivity index (χ4n) is 3.61. The Hall–Kier alpha value is -2.12. The maximum absolute atomic E-state index is 10.2. The lowest BCUT2D eigenvalue weighted by molar-refractivity contribution is 0.101. The topological polar surface area (TPSA) is 72.6 Å². The summed E-state index contributed by atoms with van der Waals surface area (Å²) >= 11 is 0. The number of hydrogen-bond donors (Lipinski definition) is 1. The van der Waals surface area contributed by atoms with E-state index in [4.69, 9.17) is 9.47 Å². The number of hydrogen-bond acceptors (Lipinski definition) is 6. The summed E-state index contributed by atoms with van der Waals surface area (Å²) < 4.78 is 13.2. The van der Waals surface area contributed by atoms with Gasteiger partial charge in [-0.3, -0.25) is 4.90 Å². The number of phenolic OH excluding ortho intramolecular Hbond substituents is 1. The Kier molecular flexibility index (Phi) is 4.59. The van der Waals surface area contributed by atoms with Crippen LogP contribution in [0.25, 0.3) is 0 Å². The smallest absolute Gasteiger partial charge is 0.162 e. The van der Waals surface area contributed by atoms with Crippen molar-refractivity contribution in [2.45, 2.75) is 38.5 Å². The van der Waals surface area contributed by atoms with Gasteiger partial charge in [0.05, 0.1) is 7.11 Å². The monoisotopic (exact) mass is 344 g/mol. The van der Waals surface area contributed by atoms with Gasteiger partial charge in [0, 0.05) is 50.8 Å². The third-order valence-corrected chi connectivity index (χ3v) is 5.05. The van der Waals surface area contributed by atoms with Crippen molar-refractivity contribution >= 4 is 0 Å². The van der Waals surface area contributed by atoms with E-state index in [-0.39, 0.29) is 11.9 Å². The van der Waals surface area contributed by atoms with Crippen LogP contribution in [0, 0.1) is 0 Å². The molecule has 0 radical (unpaired) electrons. The molecule has 0 spiro atoms. The molecule has 1 N–H and O–H groups in total. The van der Waals surface area contributed by atoms with Gasteiger partial charge >= 0.3 is 0 Å². The van der Waals surface area contributed by atoms with E-state index >= 15 is 0 Å². The number of rotatable bonds is 4. The molecule has 0 saturated carbocycles. The third kappa shape index (κ3) is 3.34. The van der Waals surface area contributed by atoms with Crippen molar-refractivity contribution in [2.75, 3.05) is 26.8 Å². The standard InChI is InChI=1S/C18H24N4O3/c1-24-14-5-4-13(15(23)11-14)12-21-7-6-17-19-20-18(22(17)9-8-21)16-3-2-10-25-16/h4-5,11,16,23H,2-3,6-10,12H2,1H3/t16-/m0/s1. The first-order valence-electron chi connectivity index (χ1n) is 8.86. The predicted molar refractivity (Wildman–Crippen MR) is 91.6 cm³/mol. The van der Waals surface area contributed by atoms with Gasteiger partial charge < -0.3 is 19.1 Å². The molecule has 1 aromatic carbocycles. The maximum atomic E-state index is 10.2. The Labute approximate surface area is 147 Å². The third-order valence-electron chi connectivity index (χ3n) is 5.05. The van der Waals surface area contributed by atoms with E-state index in [9.17, 15) is 5.11 Å². The van der Waals surface area contributed by atoms with Crippen molar-refractivity contribution in [1.29, 1.82) is 0 Å². The zero-order valence-electron chi connectivity index (χ0n) is 14.5. The number of aromatic nitrogens is 3. The molecular formula is C18H24N4O3. The van der Waals surface area contributed by atoms with Crippen molar-refractivity contribution in [1.82, 2.24) is 19.7 Å². The highest BCUT2D eigenvalue weighted by Crippen LogP contribution is 2.29. The van der Waals surface area contributed by atoms with Crippen LogP contribution in [0.3, 0.4) is 0 Å². The average molecular weight is 344 g/mol. The molecule has 2 aliphatic heterocycles. The van der Waals surface area contributed by atoms with Gasteiger partial charge in [-0.05, 0) is 18.9 Å². The summed E-state index contributed by atoms with van der Waals surface area (Å²) in [7, 11) is 1.60. The molecule has 2 aromatic rings. The second-order valence-corrected chi connectivity index (χ2v) is 6.65. The van der Waals surface area contributed by atoms with E-state index < -0.39 is 0 Å². The van der Waals surface area contributed by atoms with E-state index in [1.807, 2.05) is 12.1 Å². The van der Waals surface area contributed by atoms with Crippen molar-refractivity contribution in [2.24, 2.45) is 0 Å². The van der Waals surface area contributed by atoms with Gasteiger partial charge in [0.1, 0.15) is 23.4 Å². The highest BCUT2D eigenvalue weighted by Gasteiger charge is 2.27. The van der Waals surface area contributed by atoms with Crippen molar-refractivity contribution in [3.05, 3.63) is 35.4 Å². The molecule has 1 atom stereocenters. The highest BCUT2D eigenvalue weighted by atomic mass is 16.5. The fraction of sp³-hybridized carbons (Fsp3) is 0.556. The van der Waals surface area contributed by atoms with Gasteiger partial charge in [-0.1, -0.05) is 6.07 Å². The van der Waals surface area contributed by atoms with Crippen LogP contribution in [0.5, 0.6) is 11.5 Å². The Morgan fingerprint density at radius 1 is 1.28 bits per heavy atom. The molecule has 1 saturated heterocycles. The highest BCUT2D eigenvalue weighted by molar-refractivity contribution is 5.39. The van der Waals surface area contributed by atoms with Gasteiger partial charge in [0.15, 0.2) is 5.82 Å². The van der Waals surface area contributed by atoms with Crippen LogP contribution in [0.15, 0.2) is 18.2 Å². The lowest BCUT2D eigenvalue weighted by Crippen LogP contribution is -2.27. The Morgan fingerprint density at radius 2 is 2.20 bits per heavy atom. The fourth-order valence-corrected chi connectivity index (χ4v) is 3.61. The summed E-state index contributed by atoms with van der Waals surface area (Å²) in [6.07, 6.45) is 3.08. The quantitative estimate of drug-likeness (QED) is 0.913. The zero-order valence-corrected chi connectivity index (χ0v) is 14.5. The van der Waals surface area contributed by atoms with Gasteiger partial charge in [-0.2, -0.15) is 0 Å². The first-order valence-corrected chi connectivity index (χ1v) is 8.86. The summed E-state index contributed by atoms with van der Waals surface area (Å²) in [5.74, 6) is 2.96. The molecule has 1 fully saturated rings. The average Bonchev–Trinajstić information content (AvgIpc) is 3.24. The molecule has 2 aliphatic rings. The van der Waals surface area contributed by atoms with E-state index in [1.165, 1.54) is 0 Å². The van der Waals surface area contributed by atoms with Crippen LogP contribution in [0.2, 0.25) is 0 Å². The minimum Gasteiger partial charge on any atom is -0.507 e. The van der Waals surface area contributed by atoms with E-state index in [1.54, 1.807) is 13.2 Å². The first kappa shape index (κ1) is 16.4. The van der Waals surface area contributed by atoms with Crippen LogP contribution in [-0.2, 0) is 24.2 Å². The molecule has 3 heterocycles. The zero-order chi connectivity index (χ0) is 17.2. The molecular weight excluding hydrogens is 320 g/mol. The van der Waals surface area contributed by atoms with Crippen LogP contribution < -0.4 is 4.74 Å². The lowest BCUT2D eigenvalue weighted by Gasteiger charge is -2.20. The number of benzene rings is 1. The second kappa shape index (κ2) is 7.01. The minimum absolute atomic E-state index is 0.0958. The molecule has 0 amide bonds. The molecule has 25 heavy (non-hydrogen) atoms. The van der Waals surface area contributed by atoms with E-state index in [0.717, 1.165) is 62.7 Å². The largest absolute Gasteiger partial charge is 0.507 e. The Morgan fingerprint density at radius 3 is 2.96 bits per heavy atom. The second-order valence-electron chi connectivity index (χ2n) is 6.65. The van der Waals surface area contributed by atoms with Crippen molar-refractivity contribution < 1.29 is 14.6 Å². The molecule has 7 heteroatoms. The minimum atomic E-state index is 0.0958. The molecule has 0 bridgehead atoms. The molecule has 0 aliphatic carbocycles. The number of methoxy groups -OCH3 is 1. The van der Waals surface area contributed by atoms with Gasteiger partial charge in [0.2, 0.25) is 0 Å². The number of phenols is 1. The van der Waals surface area contributed by atoms with E-state index in [0.29, 0.717) is 12.3 Å². The Balaban J connectivity index is 1.45.